The second-order valence-corrected chi connectivity index (χ2v) is 5.34. The predicted octanol–water partition coefficient (Wildman–Crippen LogP) is 4.09. The quantitative estimate of drug-likeness (QED) is 0.792. The molecule has 3 aromatic rings. The van der Waals surface area contributed by atoms with E-state index >= 15 is 0 Å². The average Bonchev–Trinajstić information content (AvgIpc) is 3.05. The Hall–Kier alpha value is -2.59. The number of aryl methyl sites for hydroxylation is 1. The zero-order valence-electron chi connectivity index (χ0n) is 12.0. The molecule has 22 heavy (non-hydrogen) atoms. The normalized spacial score (nSPS) is 10.5. The van der Waals surface area contributed by atoms with Crippen LogP contribution in [-0.2, 0) is 0 Å². The zero-order valence-corrected chi connectivity index (χ0v) is 12.7. The number of hydrogen-bond acceptors (Lipinski definition) is 2. The molecule has 5 heteroatoms. The van der Waals surface area contributed by atoms with Crippen molar-refractivity contribution < 1.29 is 4.79 Å². The molecule has 0 radical (unpaired) electrons. The van der Waals surface area contributed by atoms with Gasteiger partial charge < -0.3 is 9.88 Å². The molecule has 0 spiro atoms. The third kappa shape index (κ3) is 3.02. The number of carbonyl (C=O) groups is 1. The lowest BCUT2D eigenvalue weighted by Crippen LogP contribution is -2.11. The molecule has 0 bridgehead atoms. The first kappa shape index (κ1) is 14.4. The van der Waals surface area contributed by atoms with Gasteiger partial charge in [-0.25, -0.2) is 4.98 Å². The molecule has 0 saturated heterocycles. The number of aromatic nitrogens is 2. The summed E-state index contributed by atoms with van der Waals surface area (Å²) >= 11 is 6.06. The van der Waals surface area contributed by atoms with Gasteiger partial charge >= 0.3 is 0 Å². The maximum atomic E-state index is 12.2. The van der Waals surface area contributed by atoms with Crippen LogP contribution in [0.3, 0.4) is 0 Å². The zero-order chi connectivity index (χ0) is 15.5. The lowest BCUT2D eigenvalue weighted by molar-refractivity contribution is 0.102. The number of benzene rings is 2. The van der Waals surface area contributed by atoms with Crippen LogP contribution in [0.25, 0.3) is 5.69 Å². The summed E-state index contributed by atoms with van der Waals surface area (Å²) in [5.41, 5.74) is 3.19. The van der Waals surface area contributed by atoms with E-state index in [1.54, 1.807) is 30.7 Å². The molecule has 0 fully saturated rings. The number of carbonyl (C=O) groups excluding carboxylic acids is 1. The molecule has 110 valence electrons. The van der Waals surface area contributed by atoms with Crippen LogP contribution in [0.2, 0.25) is 5.02 Å². The molecule has 1 heterocycles. The second kappa shape index (κ2) is 6.03. The fourth-order valence-electron chi connectivity index (χ4n) is 2.07. The Morgan fingerprint density at radius 2 is 1.95 bits per heavy atom. The van der Waals surface area contributed by atoms with Gasteiger partial charge in [0, 0.05) is 34.4 Å². The molecule has 1 N–H and O–H groups in total. The van der Waals surface area contributed by atoms with E-state index in [0.29, 0.717) is 16.3 Å². The van der Waals surface area contributed by atoms with Crippen LogP contribution in [0.15, 0.2) is 61.2 Å². The van der Waals surface area contributed by atoms with Crippen molar-refractivity contribution in [2.75, 3.05) is 5.32 Å². The summed E-state index contributed by atoms with van der Waals surface area (Å²) in [6.07, 6.45) is 5.27. The van der Waals surface area contributed by atoms with E-state index < -0.39 is 0 Å². The first-order valence-corrected chi connectivity index (χ1v) is 7.17. The summed E-state index contributed by atoms with van der Waals surface area (Å²) in [6, 6.07) is 12.8. The molecule has 0 unspecified atom stereocenters. The van der Waals surface area contributed by atoms with Gasteiger partial charge in [0.1, 0.15) is 0 Å². The van der Waals surface area contributed by atoms with Crippen molar-refractivity contribution in [2.24, 2.45) is 0 Å². The molecule has 0 saturated carbocycles. The summed E-state index contributed by atoms with van der Waals surface area (Å²) in [5.74, 6) is -0.169. The van der Waals surface area contributed by atoms with Gasteiger partial charge in [0.15, 0.2) is 0 Å². The number of nitrogens with one attached hydrogen (secondary N) is 1. The fraction of sp³-hybridized carbons (Fsp3) is 0.0588. The maximum Gasteiger partial charge on any atom is 0.255 e. The number of anilines is 1. The highest BCUT2D eigenvalue weighted by molar-refractivity contribution is 6.31. The number of nitrogens with zero attached hydrogens (tertiary/aromatic N) is 2. The first-order valence-electron chi connectivity index (χ1n) is 6.79. The van der Waals surface area contributed by atoms with E-state index in [0.717, 1.165) is 11.3 Å². The molecular formula is C17H14ClN3O. The number of halogens is 1. The Labute approximate surface area is 133 Å². The van der Waals surface area contributed by atoms with Gasteiger partial charge in [-0.1, -0.05) is 17.7 Å². The molecule has 0 atom stereocenters. The SMILES string of the molecule is Cc1ccc(NC(=O)c2ccc(-n3ccnc3)cc2)cc1Cl. The van der Waals surface area contributed by atoms with Crippen LogP contribution >= 0.6 is 11.6 Å². The molecular weight excluding hydrogens is 298 g/mol. The van der Waals surface area contributed by atoms with E-state index in [1.807, 2.05) is 42.0 Å². The van der Waals surface area contributed by atoms with Crippen LogP contribution in [-0.4, -0.2) is 15.5 Å². The summed E-state index contributed by atoms with van der Waals surface area (Å²) in [4.78, 5) is 16.2. The standard InChI is InChI=1S/C17H14ClN3O/c1-12-2-5-14(10-16(12)18)20-17(22)13-3-6-15(7-4-13)21-9-8-19-11-21/h2-11H,1H3,(H,20,22). The highest BCUT2D eigenvalue weighted by Gasteiger charge is 2.07. The lowest BCUT2D eigenvalue weighted by atomic mass is 10.1. The van der Waals surface area contributed by atoms with Gasteiger partial charge in [0.2, 0.25) is 0 Å². The molecule has 1 aromatic heterocycles. The van der Waals surface area contributed by atoms with Gasteiger partial charge in [-0.3, -0.25) is 4.79 Å². The molecule has 3 rings (SSSR count). The van der Waals surface area contributed by atoms with E-state index in [9.17, 15) is 4.79 Å². The number of amides is 1. The van der Waals surface area contributed by atoms with Crippen LogP contribution in [0.1, 0.15) is 15.9 Å². The second-order valence-electron chi connectivity index (χ2n) is 4.93. The molecule has 2 aromatic carbocycles. The molecule has 4 nitrogen and oxygen atoms in total. The van der Waals surface area contributed by atoms with E-state index in [4.69, 9.17) is 11.6 Å². The first-order chi connectivity index (χ1) is 10.6. The highest BCUT2D eigenvalue weighted by atomic mass is 35.5. The summed E-state index contributed by atoms with van der Waals surface area (Å²) in [7, 11) is 0. The van der Waals surface area contributed by atoms with Gasteiger partial charge in [0.05, 0.1) is 6.33 Å². The fourth-order valence-corrected chi connectivity index (χ4v) is 2.25. The minimum atomic E-state index is -0.169. The highest BCUT2D eigenvalue weighted by Crippen LogP contribution is 2.20. The molecule has 0 aliphatic carbocycles. The molecule has 0 aliphatic rings. The van der Waals surface area contributed by atoms with E-state index in [1.165, 1.54) is 0 Å². The molecule has 1 amide bonds. The number of hydrogen-bond donors (Lipinski definition) is 1. The van der Waals surface area contributed by atoms with Crippen molar-refractivity contribution in [3.63, 3.8) is 0 Å². The van der Waals surface area contributed by atoms with Crippen molar-refractivity contribution >= 4 is 23.2 Å². The van der Waals surface area contributed by atoms with Gasteiger partial charge in [-0.15, -0.1) is 0 Å². The summed E-state index contributed by atoms with van der Waals surface area (Å²) < 4.78 is 1.88. The van der Waals surface area contributed by atoms with Crippen molar-refractivity contribution in [1.29, 1.82) is 0 Å². The Kier molecular flexibility index (Phi) is 3.94. The average molecular weight is 312 g/mol. The van der Waals surface area contributed by atoms with Crippen molar-refractivity contribution in [3.05, 3.63) is 77.3 Å². The minimum absolute atomic E-state index is 0.169. The molecule has 0 aliphatic heterocycles. The van der Waals surface area contributed by atoms with Gasteiger partial charge in [-0.05, 0) is 48.9 Å². The Balaban J connectivity index is 1.76. The topological polar surface area (TPSA) is 46.9 Å². The summed E-state index contributed by atoms with van der Waals surface area (Å²) in [6.45, 7) is 1.92. The van der Waals surface area contributed by atoms with Crippen molar-refractivity contribution in [3.8, 4) is 5.69 Å². The van der Waals surface area contributed by atoms with Crippen LogP contribution in [0.4, 0.5) is 5.69 Å². The largest absolute Gasteiger partial charge is 0.322 e. The minimum Gasteiger partial charge on any atom is -0.322 e. The van der Waals surface area contributed by atoms with E-state index in [-0.39, 0.29) is 5.91 Å². The number of rotatable bonds is 3. The predicted molar refractivity (Wildman–Crippen MR) is 87.7 cm³/mol. The van der Waals surface area contributed by atoms with Crippen LogP contribution in [0.5, 0.6) is 0 Å². The monoisotopic (exact) mass is 311 g/mol. The van der Waals surface area contributed by atoms with Crippen LogP contribution < -0.4 is 5.32 Å². The smallest absolute Gasteiger partial charge is 0.255 e. The van der Waals surface area contributed by atoms with Crippen molar-refractivity contribution in [1.82, 2.24) is 9.55 Å². The third-order valence-electron chi connectivity index (χ3n) is 3.36. The third-order valence-corrected chi connectivity index (χ3v) is 3.77. The Morgan fingerprint density at radius 3 is 2.59 bits per heavy atom. The summed E-state index contributed by atoms with van der Waals surface area (Å²) in [5, 5.41) is 3.47. The van der Waals surface area contributed by atoms with Gasteiger partial charge in [0.25, 0.3) is 5.91 Å². The Bertz CT molecular complexity index is 795. The number of imidazole rings is 1. The Morgan fingerprint density at radius 1 is 1.18 bits per heavy atom. The lowest BCUT2D eigenvalue weighted by Gasteiger charge is -2.08. The van der Waals surface area contributed by atoms with Crippen LogP contribution in [0, 0.1) is 6.92 Å². The van der Waals surface area contributed by atoms with E-state index in [2.05, 4.69) is 10.3 Å². The van der Waals surface area contributed by atoms with Crippen molar-refractivity contribution in [2.45, 2.75) is 6.92 Å². The maximum absolute atomic E-state index is 12.2. The van der Waals surface area contributed by atoms with Gasteiger partial charge in [-0.2, -0.15) is 0 Å².